The molecule has 2 aromatic carbocycles. The lowest BCUT2D eigenvalue weighted by Gasteiger charge is -2.12. The van der Waals surface area contributed by atoms with E-state index in [1.807, 2.05) is 0 Å². The topological polar surface area (TPSA) is 12.0 Å². The van der Waals surface area contributed by atoms with Crippen LogP contribution >= 0.6 is 0 Å². The molecule has 0 aromatic heterocycles. The summed E-state index contributed by atoms with van der Waals surface area (Å²) < 4.78 is 40.5. The highest BCUT2D eigenvalue weighted by molar-refractivity contribution is 5.68. The van der Waals surface area contributed by atoms with E-state index in [2.05, 4.69) is 5.32 Å². The Hall–Kier alpha value is -1.81. The third-order valence-corrected chi connectivity index (χ3v) is 2.98. The smallest absolute Gasteiger partial charge is 0.133 e. The maximum Gasteiger partial charge on any atom is 0.133 e. The fourth-order valence-electron chi connectivity index (χ4n) is 2.01. The molecule has 0 aliphatic rings. The highest BCUT2D eigenvalue weighted by Gasteiger charge is 2.13. The van der Waals surface area contributed by atoms with E-state index >= 15 is 0 Å². The summed E-state index contributed by atoms with van der Waals surface area (Å²) in [6.45, 7) is 2.03. The van der Waals surface area contributed by atoms with Crippen molar-refractivity contribution in [3.05, 3.63) is 58.9 Å². The molecule has 2 rings (SSSR count). The first-order chi connectivity index (χ1) is 9.02. The van der Waals surface area contributed by atoms with Crippen molar-refractivity contribution in [3.8, 4) is 11.1 Å². The summed E-state index contributed by atoms with van der Waals surface area (Å²) in [4.78, 5) is 0. The highest BCUT2D eigenvalue weighted by atomic mass is 19.1. The molecule has 0 aliphatic carbocycles. The van der Waals surface area contributed by atoms with Gasteiger partial charge in [-0.25, -0.2) is 13.2 Å². The van der Waals surface area contributed by atoms with Crippen LogP contribution in [0.1, 0.15) is 11.1 Å². The summed E-state index contributed by atoms with van der Waals surface area (Å²) in [5, 5.41) is 2.94. The second kappa shape index (κ2) is 5.45. The SMILES string of the molecule is CNCc1ccc(F)cc1-c1cc(C)c(F)cc1F. The van der Waals surface area contributed by atoms with Crippen LogP contribution in [0.2, 0.25) is 0 Å². The number of benzene rings is 2. The minimum absolute atomic E-state index is 0.212. The van der Waals surface area contributed by atoms with Crippen molar-refractivity contribution < 1.29 is 13.2 Å². The van der Waals surface area contributed by atoms with Crippen molar-refractivity contribution in [1.82, 2.24) is 5.32 Å². The van der Waals surface area contributed by atoms with Gasteiger partial charge in [-0.3, -0.25) is 0 Å². The zero-order valence-corrected chi connectivity index (χ0v) is 10.7. The number of hydrogen-bond acceptors (Lipinski definition) is 1. The summed E-state index contributed by atoms with van der Waals surface area (Å²) in [5.41, 5.74) is 1.74. The minimum Gasteiger partial charge on any atom is -0.316 e. The van der Waals surface area contributed by atoms with Crippen LogP contribution in [0.4, 0.5) is 13.2 Å². The van der Waals surface area contributed by atoms with Crippen molar-refractivity contribution in [1.29, 1.82) is 0 Å². The number of aryl methyl sites for hydroxylation is 1. The molecule has 19 heavy (non-hydrogen) atoms. The predicted molar refractivity (Wildman–Crippen MR) is 69.3 cm³/mol. The molecule has 0 fully saturated rings. The van der Waals surface area contributed by atoms with Crippen LogP contribution in [0.15, 0.2) is 30.3 Å². The average molecular weight is 265 g/mol. The first-order valence-corrected chi connectivity index (χ1v) is 5.92. The fraction of sp³-hybridized carbons (Fsp3) is 0.200. The Bertz CT molecular complexity index is 609. The van der Waals surface area contributed by atoms with Gasteiger partial charge < -0.3 is 5.32 Å². The Morgan fingerprint density at radius 3 is 2.37 bits per heavy atom. The van der Waals surface area contributed by atoms with E-state index in [1.54, 1.807) is 20.0 Å². The molecule has 0 saturated heterocycles. The summed E-state index contributed by atoms with van der Waals surface area (Å²) in [6, 6.07) is 6.42. The Labute approximate surface area is 110 Å². The molecule has 0 amide bonds. The van der Waals surface area contributed by atoms with Gasteiger partial charge in [0, 0.05) is 18.2 Å². The largest absolute Gasteiger partial charge is 0.316 e. The normalized spacial score (nSPS) is 10.8. The van der Waals surface area contributed by atoms with Crippen LogP contribution in [0.5, 0.6) is 0 Å². The van der Waals surface area contributed by atoms with Crippen LogP contribution < -0.4 is 5.32 Å². The Kier molecular flexibility index (Phi) is 3.90. The van der Waals surface area contributed by atoms with E-state index in [0.29, 0.717) is 17.7 Å². The van der Waals surface area contributed by atoms with Gasteiger partial charge >= 0.3 is 0 Å². The van der Waals surface area contributed by atoms with Crippen LogP contribution in [-0.2, 0) is 6.54 Å². The molecule has 0 bridgehead atoms. The van der Waals surface area contributed by atoms with Gasteiger partial charge in [-0.15, -0.1) is 0 Å². The molecule has 0 radical (unpaired) electrons. The Morgan fingerprint density at radius 1 is 0.947 bits per heavy atom. The molecule has 100 valence electrons. The maximum atomic E-state index is 13.9. The number of halogens is 3. The van der Waals surface area contributed by atoms with Crippen molar-refractivity contribution in [2.45, 2.75) is 13.5 Å². The molecule has 0 unspecified atom stereocenters. The van der Waals surface area contributed by atoms with Crippen molar-refractivity contribution in [2.24, 2.45) is 0 Å². The van der Waals surface area contributed by atoms with Gasteiger partial charge in [0.2, 0.25) is 0 Å². The minimum atomic E-state index is -0.689. The average Bonchev–Trinajstić information content (AvgIpc) is 2.36. The lowest BCUT2D eigenvalue weighted by atomic mass is 9.97. The van der Waals surface area contributed by atoms with Gasteiger partial charge in [0.25, 0.3) is 0 Å². The second-order valence-electron chi connectivity index (χ2n) is 4.41. The predicted octanol–water partition coefficient (Wildman–Crippen LogP) is 3.80. The summed E-state index contributed by atoms with van der Waals surface area (Å²) in [6.07, 6.45) is 0. The molecular weight excluding hydrogens is 251 g/mol. The molecule has 0 saturated carbocycles. The summed E-state index contributed by atoms with van der Waals surface area (Å²) >= 11 is 0. The monoisotopic (exact) mass is 265 g/mol. The quantitative estimate of drug-likeness (QED) is 0.890. The lowest BCUT2D eigenvalue weighted by molar-refractivity contribution is 0.579. The number of nitrogens with one attached hydrogen (secondary N) is 1. The molecule has 0 aliphatic heterocycles. The number of rotatable bonds is 3. The second-order valence-corrected chi connectivity index (χ2v) is 4.41. The number of hydrogen-bond donors (Lipinski definition) is 1. The van der Waals surface area contributed by atoms with Gasteiger partial charge in [0.15, 0.2) is 0 Å². The van der Waals surface area contributed by atoms with E-state index in [4.69, 9.17) is 0 Å². The standard InChI is InChI=1S/C15H14F3N/c1-9-5-13(15(18)7-14(9)17)12-6-11(16)4-3-10(12)8-19-2/h3-7,19H,8H2,1-2H3. The lowest BCUT2D eigenvalue weighted by Crippen LogP contribution is -2.07. The van der Waals surface area contributed by atoms with Crippen molar-refractivity contribution in [2.75, 3.05) is 7.05 Å². The first kappa shape index (κ1) is 13.6. The van der Waals surface area contributed by atoms with Gasteiger partial charge in [0.1, 0.15) is 17.5 Å². The van der Waals surface area contributed by atoms with E-state index in [1.165, 1.54) is 18.2 Å². The van der Waals surface area contributed by atoms with Crippen LogP contribution in [0.3, 0.4) is 0 Å². The van der Waals surface area contributed by atoms with E-state index in [9.17, 15) is 13.2 Å². The fourth-order valence-corrected chi connectivity index (χ4v) is 2.01. The maximum absolute atomic E-state index is 13.9. The van der Waals surface area contributed by atoms with Crippen molar-refractivity contribution in [3.63, 3.8) is 0 Å². The molecule has 0 atom stereocenters. The molecule has 1 nitrogen and oxygen atoms in total. The molecule has 0 spiro atoms. The zero-order valence-electron chi connectivity index (χ0n) is 10.7. The zero-order chi connectivity index (χ0) is 14.0. The van der Waals surface area contributed by atoms with Crippen LogP contribution in [-0.4, -0.2) is 7.05 Å². The van der Waals surface area contributed by atoms with Gasteiger partial charge in [-0.05, 0) is 48.9 Å². The summed E-state index contributed by atoms with van der Waals surface area (Å²) in [5.74, 6) is -1.74. The third kappa shape index (κ3) is 2.79. The molecule has 1 N–H and O–H groups in total. The summed E-state index contributed by atoms with van der Waals surface area (Å²) in [7, 11) is 1.75. The van der Waals surface area contributed by atoms with Gasteiger partial charge in [0.05, 0.1) is 0 Å². The first-order valence-electron chi connectivity index (χ1n) is 5.92. The van der Waals surface area contributed by atoms with Crippen molar-refractivity contribution >= 4 is 0 Å². The van der Waals surface area contributed by atoms with Crippen LogP contribution in [0, 0.1) is 24.4 Å². The molecular formula is C15H14F3N. The molecule has 2 aromatic rings. The van der Waals surface area contributed by atoms with E-state index in [-0.39, 0.29) is 5.56 Å². The Balaban J connectivity index is 2.63. The van der Waals surface area contributed by atoms with E-state index in [0.717, 1.165) is 11.6 Å². The Morgan fingerprint density at radius 2 is 1.68 bits per heavy atom. The van der Waals surface area contributed by atoms with Gasteiger partial charge in [-0.2, -0.15) is 0 Å². The van der Waals surface area contributed by atoms with E-state index < -0.39 is 17.5 Å². The third-order valence-electron chi connectivity index (χ3n) is 2.98. The molecule has 4 heteroatoms. The molecule has 0 heterocycles. The van der Waals surface area contributed by atoms with Crippen LogP contribution in [0.25, 0.3) is 11.1 Å². The van der Waals surface area contributed by atoms with Gasteiger partial charge in [-0.1, -0.05) is 6.07 Å². The highest BCUT2D eigenvalue weighted by Crippen LogP contribution is 2.29.